The molecule has 0 atom stereocenters. The van der Waals surface area contributed by atoms with Crippen LogP contribution in [-0.2, 0) is 11.7 Å². The Hall–Kier alpha value is -1.03. The predicted molar refractivity (Wildman–Crippen MR) is 74.1 cm³/mol. The third-order valence-electron chi connectivity index (χ3n) is 4.63. The summed E-state index contributed by atoms with van der Waals surface area (Å²) in [6.45, 7) is 4.39. The number of alkyl halides is 3. The van der Waals surface area contributed by atoms with Crippen LogP contribution in [0.25, 0.3) is 0 Å². The smallest absolute Gasteiger partial charge is 0.321 e. The minimum Gasteiger partial charge on any atom is -0.321 e. The molecule has 1 aliphatic rings. The Kier molecular flexibility index (Phi) is 4.14. The fraction of sp³-hybridized carbons (Fsp3) is 0.625. The van der Waals surface area contributed by atoms with E-state index in [1.54, 1.807) is 6.07 Å². The third-order valence-corrected chi connectivity index (χ3v) is 4.63. The predicted octanol–water partition coefficient (Wildman–Crippen LogP) is 4.71. The van der Waals surface area contributed by atoms with Crippen LogP contribution < -0.4 is 5.73 Å². The van der Waals surface area contributed by atoms with Gasteiger partial charge in [-0.3, -0.25) is 0 Å². The summed E-state index contributed by atoms with van der Waals surface area (Å²) in [5.41, 5.74) is 5.80. The van der Waals surface area contributed by atoms with Crippen LogP contribution in [0.2, 0.25) is 0 Å². The molecular formula is C16H22F3N. The van der Waals surface area contributed by atoms with Crippen molar-refractivity contribution in [1.29, 1.82) is 0 Å². The molecule has 2 N–H and O–H groups in total. The Bertz CT molecular complexity index is 457. The highest BCUT2D eigenvalue weighted by Gasteiger charge is 2.36. The average Bonchev–Trinajstić information content (AvgIpc) is 2.38. The van der Waals surface area contributed by atoms with Crippen LogP contribution in [0.5, 0.6) is 0 Å². The Morgan fingerprint density at radius 1 is 1.20 bits per heavy atom. The minimum atomic E-state index is -4.30. The van der Waals surface area contributed by atoms with Crippen LogP contribution in [0.15, 0.2) is 24.3 Å². The molecule has 0 unspecified atom stereocenters. The van der Waals surface area contributed by atoms with Crippen molar-refractivity contribution in [3.05, 3.63) is 35.4 Å². The monoisotopic (exact) mass is 285 g/mol. The van der Waals surface area contributed by atoms with Crippen molar-refractivity contribution >= 4 is 0 Å². The van der Waals surface area contributed by atoms with E-state index in [1.807, 2.05) is 0 Å². The molecule has 0 radical (unpaired) electrons. The Labute approximate surface area is 118 Å². The molecule has 1 nitrogen and oxygen atoms in total. The van der Waals surface area contributed by atoms with Gasteiger partial charge in [-0.25, -0.2) is 0 Å². The molecule has 20 heavy (non-hydrogen) atoms. The summed E-state index contributed by atoms with van der Waals surface area (Å²) < 4.78 is 38.4. The average molecular weight is 285 g/mol. The van der Waals surface area contributed by atoms with Crippen molar-refractivity contribution in [1.82, 2.24) is 0 Å². The van der Waals surface area contributed by atoms with Gasteiger partial charge in [0.2, 0.25) is 0 Å². The van der Waals surface area contributed by atoms with E-state index in [-0.39, 0.29) is 0 Å². The van der Waals surface area contributed by atoms with E-state index in [0.29, 0.717) is 17.4 Å². The van der Waals surface area contributed by atoms with Gasteiger partial charge >= 0.3 is 6.18 Å². The molecule has 0 spiro atoms. The lowest BCUT2D eigenvalue weighted by Crippen LogP contribution is -2.41. The topological polar surface area (TPSA) is 26.0 Å². The van der Waals surface area contributed by atoms with E-state index in [0.717, 1.165) is 31.7 Å². The number of rotatable bonds is 2. The van der Waals surface area contributed by atoms with E-state index in [9.17, 15) is 13.2 Å². The minimum absolute atomic E-state index is 0.605. The molecule has 0 amide bonds. The van der Waals surface area contributed by atoms with Gasteiger partial charge in [0, 0.05) is 5.54 Å². The molecule has 0 bridgehead atoms. The quantitative estimate of drug-likeness (QED) is 0.837. The van der Waals surface area contributed by atoms with Gasteiger partial charge in [0.05, 0.1) is 5.56 Å². The van der Waals surface area contributed by atoms with Crippen LogP contribution in [0.1, 0.15) is 50.7 Å². The lowest BCUT2D eigenvalue weighted by atomic mass is 9.70. The molecule has 1 aromatic carbocycles. The van der Waals surface area contributed by atoms with Gasteiger partial charge in [-0.15, -0.1) is 0 Å². The van der Waals surface area contributed by atoms with Crippen molar-refractivity contribution in [2.24, 2.45) is 17.6 Å². The second-order valence-corrected chi connectivity index (χ2v) is 6.32. The lowest BCUT2D eigenvalue weighted by Gasteiger charge is -2.39. The first kappa shape index (κ1) is 15.4. The third kappa shape index (κ3) is 3.17. The number of hydrogen-bond acceptors (Lipinski definition) is 1. The molecule has 0 heterocycles. The SMILES string of the molecule is CC(C)C1CCC(N)(c2cccc(C(F)(F)F)c2)CC1. The van der Waals surface area contributed by atoms with Crippen molar-refractivity contribution < 1.29 is 13.2 Å². The summed E-state index contributed by atoms with van der Waals surface area (Å²) in [4.78, 5) is 0. The lowest BCUT2D eigenvalue weighted by molar-refractivity contribution is -0.137. The number of hydrogen-bond donors (Lipinski definition) is 1. The molecule has 0 saturated heterocycles. The summed E-state index contributed by atoms with van der Waals surface area (Å²) >= 11 is 0. The molecule has 0 aliphatic heterocycles. The first-order valence-electron chi connectivity index (χ1n) is 7.19. The molecule has 1 saturated carbocycles. The number of nitrogens with two attached hydrogens (primary N) is 1. The van der Waals surface area contributed by atoms with Crippen molar-refractivity contribution in [3.63, 3.8) is 0 Å². The zero-order valence-corrected chi connectivity index (χ0v) is 12.0. The standard InChI is InChI=1S/C16H22F3N/c1-11(2)12-6-8-15(20,9-7-12)13-4-3-5-14(10-13)16(17,18)19/h3-5,10-12H,6-9,20H2,1-2H3. The largest absolute Gasteiger partial charge is 0.416 e. The van der Waals surface area contributed by atoms with Crippen LogP contribution in [-0.4, -0.2) is 0 Å². The molecule has 112 valence electrons. The molecular weight excluding hydrogens is 263 g/mol. The highest BCUT2D eigenvalue weighted by atomic mass is 19.4. The zero-order valence-electron chi connectivity index (χ0n) is 12.0. The second kappa shape index (κ2) is 5.40. The van der Waals surface area contributed by atoms with Crippen LogP contribution in [0, 0.1) is 11.8 Å². The summed E-state index contributed by atoms with van der Waals surface area (Å²) in [5, 5.41) is 0. The molecule has 0 aromatic heterocycles. The van der Waals surface area contributed by atoms with E-state index in [1.165, 1.54) is 12.1 Å². The molecule has 1 fully saturated rings. The van der Waals surface area contributed by atoms with Gasteiger partial charge in [0.15, 0.2) is 0 Å². The van der Waals surface area contributed by atoms with Gasteiger partial charge in [0.1, 0.15) is 0 Å². The van der Waals surface area contributed by atoms with E-state index in [2.05, 4.69) is 13.8 Å². The first-order valence-corrected chi connectivity index (χ1v) is 7.19. The van der Waals surface area contributed by atoms with Crippen LogP contribution in [0.4, 0.5) is 13.2 Å². The van der Waals surface area contributed by atoms with Crippen molar-refractivity contribution in [2.45, 2.75) is 51.2 Å². The normalized spacial score (nSPS) is 27.9. The second-order valence-electron chi connectivity index (χ2n) is 6.32. The van der Waals surface area contributed by atoms with Gasteiger partial charge in [-0.2, -0.15) is 13.2 Å². The highest BCUT2D eigenvalue weighted by Crippen LogP contribution is 2.41. The molecule has 1 aliphatic carbocycles. The fourth-order valence-corrected chi connectivity index (χ4v) is 3.12. The van der Waals surface area contributed by atoms with E-state index in [4.69, 9.17) is 5.73 Å². The summed E-state index contributed by atoms with van der Waals surface area (Å²) in [6.07, 6.45) is -0.801. The highest BCUT2D eigenvalue weighted by molar-refractivity contribution is 5.31. The maximum atomic E-state index is 12.8. The molecule has 1 aromatic rings. The zero-order chi connectivity index (χ0) is 15.0. The van der Waals surface area contributed by atoms with E-state index < -0.39 is 17.3 Å². The van der Waals surface area contributed by atoms with Crippen LogP contribution >= 0.6 is 0 Å². The summed E-state index contributed by atoms with van der Waals surface area (Å²) in [5.74, 6) is 1.25. The summed E-state index contributed by atoms with van der Waals surface area (Å²) in [7, 11) is 0. The van der Waals surface area contributed by atoms with Crippen LogP contribution in [0.3, 0.4) is 0 Å². The first-order chi connectivity index (χ1) is 9.22. The molecule has 4 heteroatoms. The Morgan fingerprint density at radius 2 is 1.80 bits per heavy atom. The number of benzene rings is 1. The van der Waals surface area contributed by atoms with Gasteiger partial charge in [0.25, 0.3) is 0 Å². The maximum absolute atomic E-state index is 12.8. The van der Waals surface area contributed by atoms with Crippen molar-refractivity contribution in [3.8, 4) is 0 Å². The van der Waals surface area contributed by atoms with Gasteiger partial charge in [-0.1, -0.05) is 26.0 Å². The van der Waals surface area contributed by atoms with Gasteiger partial charge in [-0.05, 0) is 55.2 Å². The summed E-state index contributed by atoms with van der Waals surface area (Å²) in [6, 6.07) is 5.51. The Balaban J connectivity index is 2.20. The Morgan fingerprint density at radius 3 is 2.30 bits per heavy atom. The van der Waals surface area contributed by atoms with Crippen molar-refractivity contribution in [2.75, 3.05) is 0 Å². The van der Waals surface area contributed by atoms with E-state index >= 15 is 0 Å². The maximum Gasteiger partial charge on any atom is 0.416 e. The molecule has 2 rings (SSSR count). The fourth-order valence-electron chi connectivity index (χ4n) is 3.12. The number of halogens is 3. The van der Waals surface area contributed by atoms with Gasteiger partial charge < -0.3 is 5.73 Å².